The number of hydrogen-bond acceptors (Lipinski definition) is 5. The molecule has 3 atom stereocenters. The van der Waals surface area contributed by atoms with Crippen molar-refractivity contribution in [3.63, 3.8) is 0 Å². The van der Waals surface area contributed by atoms with E-state index in [2.05, 4.69) is 15.0 Å². The predicted molar refractivity (Wildman–Crippen MR) is 107 cm³/mol. The topological polar surface area (TPSA) is 101 Å². The van der Waals surface area contributed by atoms with Gasteiger partial charge in [-0.3, -0.25) is 9.48 Å². The molecule has 2 aliphatic heterocycles. The van der Waals surface area contributed by atoms with Gasteiger partial charge < -0.3 is 15.0 Å². The molecule has 5 rings (SSSR count). The smallest absolute Gasteiger partial charge is 0.261 e. The van der Waals surface area contributed by atoms with Crippen molar-refractivity contribution in [2.24, 2.45) is 0 Å². The fourth-order valence-electron chi connectivity index (χ4n) is 3.94. The zero-order valence-electron chi connectivity index (χ0n) is 15.4. The van der Waals surface area contributed by atoms with E-state index in [1.54, 1.807) is 6.20 Å². The quantitative estimate of drug-likeness (QED) is 0.628. The maximum absolute atomic E-state index is 12.5. The molecule has 0 spiro atoms. The zero-order chi connectivity index (χ0) is 19.3. The number of pyridine rings is 1. The Hall–Kier alpha value is -2.49. The normalized spacial score (nSPS) is 24.4. The van der Waals surface area contributed by atoms with E-state index < -0.39 is 11.0 Å². The summed E-state index contributed by atoms with van der Waals surface area (Å²) < 4.78 is 22.6. The highest BCUT2D eigenvalue weighted by atomic mass is 32.2. The number of rotatable bonds is 3. The number of hydrogen-bond donors (Lipinski definition) is 3. The summed E-state index contributed by atoms with van der Waals surface area (Å²) in [5.41, 5.74) is 2.40. The van der Waals surface area contributed by atoms with Gasteiger partial charge in [0.2, 0.25) is 0 Å². The summed E-state index contributed by atoms with van der Waals surface area (Å²) in [6.07, 6.45) is 3.59. The van der Waals surface area contributed by atoms with E-state index in [-0.39, 0.29) is 17.6 Å². The largest absolute Gasteiger partial charge is 0.379 e. The van der Waals surface area contributed by atoms with Crippen molar-refractivity contribution in [2.45, 2.75) is 36.7 Å². The SMILES string of the molecule is CC1NS(=O)c2ccc(Nc3nn([C@@H]4CCCOC4)c4cc[nH]c(=O)c34)cc21. The summed E-state index contributed by atoms with van der Waals surface area (Å²) in [4.78, 5) is 16.1. The molecule has 1 fully saturated rings. The van der Waals surface area contributed by atoms with Gasteiger partial charge in [0.15, 0.2) is 5.82 Å². The third kappa shape index (κ3) is 2.86. The number of fused-ring (bicyclic) bond motifs is 2. The van der Waals surface area contributed by atoms with Gasteiger partial charge >= 0.3 is 0 Å². The highest BCUT2D eigenvalue weighted by Crippen LogP contribution is 2.33. The molecule has 1 saturated heterocycles. The third-order valence-electron chi connectivity index (χ3n) is 5.33. The lowest BCUT2D eigenvalue weighted by atomic mass is 10.1. The number of nitrogens with one attached hydrogen (secondary N) is 3. The van der Waals surface area contributed by atoms with Crippen LogP contribution >= 0.6 is 0 Å². The van der Waals surface area contributed by atoms with Crippen LogP contribution in [0.3, 0.4) is 0 Å². The molecular weight excluding hydrogens is 378 g/mol. The Kier molecular flexibility index (Phi) is 4.30. The second kappa shape index (κ2) is 6.84. The van der Waals surface area contributed by atoms with E-state index in [1.807, 2.05) is 35.9 Å². The highest BCUT2D eigenvalue weighted by molar-refractivity contribution is 7.83. The first-order valence-electron chi connectivity index (χ1n) is 9.38. The standard InChI is InChI=1S/C19H21N5O3S/c1-11-14-9-12(4-5-16(14)28(26)23-11)21-18-17-15(6-7-20-19(17)25)24(22-18)13-3-2-8-27-10-13/h4-7,9,11,13,23H,2-3,8,10H2,1H3,(H,20,25)(H,21,22)/t11?,13-,28?/m1/s1. The van der Waals surface area contributed by atoms with Crippen LogP contribution < -0.4 is 15.6 Å². The van der Waals surface area contributed by atoms with Gasteiger partial charge in [-0.15, -0.1) is 0 Å². The van der Waals surface area contributed by atoms with E-state index in [9.17, 15) is 9.00 Å². The fraction of sp³-hybridized carbons (Fsp3) is 0.368. The maximum Gasteiger partial charge on any atom is 0.261 e. The molecule has 9 heteroatoms. The molecule has 8 nitrogen and oxygen atoms in total. The lowest BCUT2D eigenvalue weighted by Gasteiger charge is -2.23. The van der Waals surface area contributed by atoms with Crippen molar-refractivity contribution < 1.29 is 8.95 Å². The monoisotopic (exact) mass is 399 g/mol. The van der Waals surface area contributed by atoms with Gasteiger partial charge in [0.1, 0.15) is 16.4 Å². The summed E-state index contributed by atoms with van der Waals surface area (Å²) in [5.74, 6) is 0.516. The molecule has 0 aliphatic carbocycles. The van der Waals surface area contributed by atoms with Crippen molar-refractivity contribution in [1.29, 1.82) is 0 Å². The van der Waals surface area contributed by atoms with Gasteiger partial charge in [0.05, 0.1) is 23.1 Å². The van der Waals surface area contributed by atoms with E-state index in [4.69, 9.17) is 9.84 Å². The molecule has 0 amide bonds. The molecule has 2 aromatic heterocycles. The Balaban J connectivity index is 1.57. The number of ether oxygens (including phenoxy) is 1. The number of aromatic nitrogens is 3. The minimum absolute atomic E-state index is 0.00896. The molecule has 0 radical (unpaired) electrons. The van der Waals surface area contributed by atoms with Gasteiger partial charge in [-0.25, -0.2) is 8.93 Å². The van der Waals surface area contributed by atoms with Crippen LogP contribution in [0.1, 0.15) is 37.4 Å². The molecule has 1 aromatic carbocycles. The maximum atomic E-state index is 12.5. The average molecular weight is 399 g/mol. The molecule has 0 saturated carbocycles. The van der Waals surface area contributed by atoms with Gasteiger partial charge in [-0.1, -0.05) is 0 Å². The Morgan fingerprint density at radius 2 is 2.25 bits per heavy atom. The third-order valence-corrected chi connectivity index (χ3v) is 6.67. The van der Waals surface area contributed by atoms with Crippen LogP contribution in [0.2, 0.25) is 0 Å². The van der Waals surface area contributed by atoms with Crippen LogP contribution in [0.4, 0.5) is 11.5 Å². The van der Waals surface area contributed by atoms with Gasteiger partial charge in [0, 0.05) is 24.5 Å². The zero-order valence-corrected chi connectivity index (χ0v) is 16.2. The van der Waals surface area contributed by atoms with Gasteiger partial charge in [-0.2, -0.15) is 5.10 Å². The Morgan fingerprint density at radius 3 is 3.07 bits per heavy atom. The summed E-state index contributed by atoms with van der Waals surface area (Å²) in [6.45, 7) is 3.34. The van der Waals surface area contributed by atoms with Crippen molar-refractivity contribution >= 4 is 33.4 Å². The second-order valence-corrected chi connectivity index (χ2v) is 8.43. The summed E-state index contributed by atoms with van der Waals surface area (Å²) in [6, 6.07) is 7.67. The molecule has 3 N–H and O–H groups in total. The fourth-order valence-corrected chi connectivity index (χ4v) is 5.16. The van der Waals surface area contributed by atoms with Gasteiger partial charge in [-0.05, 0) is 49.6 Å². The minimum atomic E-state index is -1.17. The Morgan fingerprint density at radius 1 is 1.36 bits per heavy atom. The second-order valence-electron chi connectivity index (χ2n) is 7.22. The predicted octanol–water partition coefficient (Wildman–Crippen LogP) is 2.51. The lowest BCUT2D eigenvalue weighted by molar-refractivity contribution is 0.0566. The number of H-pyrrole nitrogens is 1. The van der Waals surface area contributed by atoms with E-state index in [0.29, 0.717) is 17.8 Å². The summed E-state index contributed by atoms with van der Waals surface area (Å²) >= 11 is 0. The first-order valence-corrected chi connectivity index (χ1v) is 10.5. The van der Waals surface area contributed by atoms with Crippen molar-refractivity contribution in [2.75, 3.05) is 18.5 Å². The first-order chi connectivity index (χ1) is 13.6. The van der Waals surface area contributed by atoms with Gasteiger partial charge in [0.25, 0.3) is 5.56 Å². The van der Waals surface area contributed by atoms with Crippen LogP contribution in [0.15, 0.2) is 40.2 Å². The van der Waals surface area contributed by atoms with E-state index >= 15 is 0 Å². The van der Waals surface area contributed by atoms with Crippen LogP contribution in [-0.2, 0) is 15.7 Å². The molecule has 2 unspecified atom stereocenters. The molecule has 28 heavy (non-hydrogen) atoms. The Bertz CT molecular complexity index is 1130. The van der Waals surface area contributed by atoms with E-state index in [1.165, 1.54) is 0 Å². The van der Waals surface area contributed by atoms with Crippen molar-refractivity contribution in [1.82, 2.24) is 19.5 Å². The van der Waals surface area contributed by atoms with Crippen LogP contribution in [0.25, 0.3) is 10.9 Å². The average Bonchev–Trinajstić information content (AvgIpc) is 3.21. The summed E-state index contributed by atoms with van der Waals surface area (Å²) in [5, 5.41) is 8.55. The molecule has 0 bridgehead atoms. The molecular formula is C19H21N5O3S. The highest BCUT2D eigenvalue weighted by Gasteiger charge is 2.26. The van der Waals surface area contributed by atoms with Crippen LogP contribution in [0, 0.1) is 0 Å². The van der Waals surface area contributed by atoms with Crippen molar-refractivity contribution in [3.8, 4) is 0 Å². The van der Waals surface area contributed by atoms with E-state index in [0.717, 1.165) is 41.1 Å². The minimum Gasteiger partial charge on any atom is -0.379 e. The summed E-state index contributed by atoms with van der Waals surface area (Å²) in [7, 11) is -1.17. The Labute approximate surface area is 163 Å². The first kappa shape index (κ1) is 17.6. The van der Waals surface area contributed by atoms with Crippen LogP contribution in [0.5, 0.6) is 0 Å². The lowest BCUT2D eigenvalue weighted by Crippen LogP contribution is -2.22. The number of nitrogens with zero attached hydrogens (tertiary/aromatic N) is 2. The molecule has 2 aliphatic rings. The molecule has 4 heterocycles. The molecule has 3 aromatic rings. The number of benzene rings is 1. The van der Waals surface area contributed by atoms with Crippen molar-refractivity contribution in [3.05, 3.63) is 46.4 Å². The van der Waals surface area contributed by atoms with Crippen LogP contribution in [-0.4, -0.2) is 32.2 Å². The number of aromatic amines is 1. The molecule has 146 valence electrons. The number of anilines is 2.